The molecule has 2 aromatic carbocycles. The maximum absolute atomic E-state index is 13.0. The van der Waals surface area contributed by atoms with Crippen molar-refractivity contribution in [3.8, 4) is 0 Å². The van der Waals surface area contributed by atoms with E-state index in [9.17, 15) is 19.2 Å². The molecule has 1 saturated heterocycles. The van der Waals surface area contributed by atoms with Gasteiger partial charge in [0.15, 0.2) is 0 Å². The molecule has 2 heterocycles. The van der Waals surface area contributed by atoms with Gasteiger partial charge in [0.25, 0.3) is 11.8 Å². The van der Waals surface area contributed by atoms with Crippen LogP contribution in [0.2, 0.25) is 0 Å². The molecule has 0 aliphatic carbocycles. The summed E-state index contributed by atoms with van der Waals surface area (Å²) >= 11 is 1.40. The largest absolute Gasteiger partial charge is 0.295 e. The molecule has 0 radical (unpaired) electrons. The number of aryl methyl sites for hydroxylation is 1. The summed E-state index contributed by atoms with van der Waals surface area (Å²) in [4.78, 5) is 52.0. The number of carbonyl (C=O) groups excluding carboxylic acids is 4. The molecule has 0 aromatic heterocycles. The molecular formula is C20H16N2O4S. The molecular weight excluding hydrogens is 364 g/mol. The fraction of sp³-hybridized carbons (Fsp3) is 0.200. The van der Waals surface area contributed by atoms with E-state index in [1.54, 1.807) is 18.2 Å². The van der Waals surface area contributed by atoms with Crippen molar-refractivity contribution in [2.24, 2.45) is 0 Å². The van der Waals surface area contributed by atoms with Gasteiger partial charge in [-0.3, -0.25) is 29.4 Å². The predicted octanol–water partition coefficient (Wildman–Crippen LogP) is 2.55. The highest BCUT2D eigenvalue weighted by Gasteiger charge is 2.45. The molecule has 4 amide bonds. The van der Waals surface area contributed by atoms with Gasteiger partial charge in [0.2, 0.25) is 11.8 Å². The smallest absolute Gasteiger partial charge is 0.263 e. The lowest BCUT2D eigenvalue weighted by atomic mass is 10.0. The summed E-state index contributed by atoms with van der Waals surface area (Å²) in [5.74, 6) is -1.97. The first-order valence-corrected chi connectivity index (χ1v) is 9.36. The molecule has 0 spiro atoms. The molecule has 27 heavy (non-hydrogen) atoms. The topological polar surface area (TPSA) is 83.6 Å². The number of amides is 4. The van der Waals surface area contributed by atoms with Crippen molar-refractivity contribution < 1.29 is 19.2 Å². The Morgan fingerprint density at radius 3 is 2.44 bits per heavy atom. The molecule has 6 nitrogen and oxygen atoms in total. The quantitative estimate of drug-likeness (QED) is 0.828. The second kappa shape index (κ2) is 6.66. The summed E-state index contributed by atoms with van der Waals surface area (Å²) < 4.78 is 0. The van der Waals surface area contributed by atoms with Gasteiger partial charge in [-0.1, -0.05) is 35.5 Å². The number of nitrogens with zero attached hydrogens (tertiary/aromatic N) is 1. The zero-order chi connectivity index (χ0) is 19.1. The molecule has 0 bridgehead atoms. The van der Waals surface area contributed by atoms with Crippen LogP contribution in [0.15, 0.2) is 52.3 Å². The first-order valence-electron chi connectivity index (χ1n) is 8.55. The van der Waals surface area contributed by atoms with Crippen LogP contribution in [0.1, 0.15) is 39.1 Å². The van der Waals surface area contributed by atoms with Gasteiger partial charge in [-0.15, -0.1) is 0 Å². The van der Waals surface area contributed by atoms with Crippen LogP contribution in [-0.4, -0.2) is 34.6 Å². The zero-order valence-corrected chi connectivity index (χ0v) is 15.3. The number of piperidine rings is 1. The third-order valence-electron chi connectivity index (χ3n) is 4.68. The summed E-state index contributed by atoms with van der Waals surface area (Å²) in [6.45, 7) is 1.99. The Morgan fingerprint density at radius 2 is 1.74 bits per heavy atom. The number of imide groups is 2. The van der Waals surface area contributed by atoms with Crippen LogP contribution in [0.25, 0.3) is 0 Å². The summed E-state index contributed by atoms with van der Waals surface area (Å²) in [7, 11) is 0. The van der Waals surface area contributed by atoms with Crippen LogP contribution in [0, 0.1) is 6.92 Å². The van der Waals surface area contributed by atoms with Crippen molar-refractivity contribution in [1.82, 2.24) is 10.2 Å². The third kappa shape index (κ3) is 3.04. The first-order chi connectivity index (χ1) is 13.0. The number of carbonyl (C=O) groups is 4. The first kappa shape index (κ1) is 17.5. The average molecular weight is 380 g/mol. The number of fused-ring (bicyclic) bond motifs is 1. The van der Waals surface area contributed by atoms with Crippen LogP contribution < -0.4 is 5.32 Å². The van der Waals surface area contributed by atoms with E-state index in [4.69, 9.17) is 0 Å². The summed E-state index contributed by atoms with van der Waals surface area (Å²) in [5.41, 5.74) is 1.74. The molecule has 1 atom stereocenters. The Labute approximate surface area is 159 Å². The summed E-state index contributed by atoms with van der Waals surface area (Å²) in [5, 5.41) is 2.20. The third-order valence-corrected chi connectivity index (χ3v) is 5.75. The van der Waals surface area contributed by atoms with Gasteiger partial charge < -0.3 is 0 Å². The van der Waals surface area contributed by atoms with Crippen LogP contribution in [-0.2, 0) is 9.59 Å². The second-order valence-electron chi connectivity index (χ2n) is 6.54. The standard InChI is InChI=1S/C20H16N2O4S/c1-11-5-7-12(8-6-11)27-15-4-2-3-13-17(15)20(26)22(19(13)25)14-9-10-16(23)21-18(14)24/h2-8,14H,9-10H2,1H3,(H,21,23,24). The molecule has 2 aromatic rings. The Hall–Kier alpha value is -2.93. The molecule has 0 saturated carbocycles. The molecule has 2 aliphatic heterocycles. The normalized spacial score (nSPS) is 19.3. The summed E-state index contributed by atoms with van der Waals surface area (Å²) in [6.07, 6.45) is 0.255. The van der Waals surface area contributed by atoms with Gasteiger partial charge in [-0.2, -0.15) is 0 Å². The Bertz CT molecular complexity index is 984. The zero-order valence-electron chi connectivity index (χ0n) is 14.5. The van der Waals surface area contributed by atoms with Crippen molar-refractivity contribution in [3.63, 3.8) is 0 Å². The summed E-state index contributed by atoms with van der Waals surface area (Å²) in [6, 6.07) is 12.0. The van der Waals surface area contributed by atoms with Gasteiger partial charge >= 0.3 is 0 Å². The maximum atomic E-state index is 13.0. The fourth-order valence-electron chi connectivity index (χ4n) is 3.30. The van der Waals surface area contributed by atoms with E-state index in [0.717, 1.165) is 15.4 Å². The van der Waals surface area contributed by atoms with Crippen LogP contribution >= 0.6 is 11.8 Å². The minimum atomic E-state index is -0.952. The fourth-order valence-corrected chi connectivity index (χ4v) is 4.27. The Kier molecular flexibility index (Phi) is 4.31. The number of nitrogens with one attached hydrogen (secondary N) is 1. The van der Waals surface area contributed by atoms with Crippen molar-refractivity contribution in [2.45, 2.75) is 35.6 Å². The van der Waals surface area contributed by atoms with E-state index in [0.29, 0.717) is 16.0 Å². The molecule has 1 unspecified atom stereocenters. The molecule has 136 valence electrons. The van der Waals surface area contributed by atoms with Crippen molar-refractivity contribution in [2.75, 3.05) is 0 Å². The number of rotatable bonds is 3. The second-order valence-corrected chi connectivity index (χ2v) is 7.66. The van der Waals surface area contributed by atoms with Gasteiger partial charge in [0, 0.05) is 16.2 Å². The Balaban J connectivity index is 1.68. The average Bonchev–Trinajstić information content (AvgIpc) is 2.89. The van der Waals surface area contributed by atoms with Crippen molar-refractivity contribution in [1.29, 1.82) is 0 Å². The Morgan fingerprint density at radius 1 is 1.00 bits per heavy atom. The van der Waals surface area contributed by atoms with Crippen LogP contribution in [0.4, 0.5) is 0 Å². The number of benzene rings is 2. The lowest BCUT2D eigenvalue weighted by Gasteiger charge is -2.27. The van der Waals surface area contributed by atoms with Crippen LogP contribution in [0.3, 0.4) is 0 Å². The van der Waals surface area contributed by atoms with E-state index < -0.39 is 23.8 Å². The minimum Gasteiger partial charge on any atom is -0.295 e. The van der Waals surface area contributed by atoms with E-state index >= 15 is 0 Å². The maximum Gasteiger partial charge on any atom is 0.263 e. The minimum absolute atomic E-state index is 0.106. The van der Waals surface area contributed by atoms with Crippen molar-refractivity contribution >= 4 is 35.4 Å². The van der Waals surface area contributed by atoms with Gasteiger partial charge in [0.05, 0.1) is 11.1 Å². The van der Waals surface area contributed by atoms with E-state index in [2.05, 4.69) is 5.32 Å². The van der Waals surface area contributed by atoms with Gasteiger partial charge in [0.1, 0.15) is 6.04 Å². The monoisotopic (exact) mass is 380 g/mol. The molecule has 7 heteroatoms. The highest BCUT2D eigenvalue weighted by atomic mass is 32.2. The van der Waals surface area contributed by atoms with E-state index in [1.807, 2.05) is 31.2 Å². The van der Waals surface area contributed by atoms with E-state index in [1.165, 1.54) is 11.8 Å². The lowest BCUT2D eigenvalue weighted by Crippen LogP contribution is -2.54. The SMILES string of the molecule is Cc1ccc(Sc2cccc3c2C(=O)N(C2CCC(=O)NC2=O)C3=O)cc1. The van der Waals surface area contributed by atoms with Crippen LogP contribution in [0.5, 0.6) is 0 Å². The number of hydrogen-bond donors (Lipinski definition) is 1. The number of hydrogen-bond acceptors (Lipinski definition) is 5. The van der Waals surface area contributed by atoms with E-state index in [-0.39, 0.29) is 18.7 Å². The molecule has 1 N–H and O–H groups in total. The highest BCUT2D eigenvalue weighted by molar-refractivity contribution is 7.99. The van der Waals surface area contributed by atoms with Gasteiger partial charge in [-0.25, -0.2) is 0 Å². The lowest BCUT2D eigenvalue weighted by molar-refractivity contribution is -0.136. The van der Waals surface area contributed by atoms with Gasteiger partial charge in [-0.05, 0) is 37.6 Å². The molecule has 1 fully saturated rings. The molecule has 2 aliphatic rings. The highest BCUT2D eigenvalue weighted by Crippen LogP contribution is 2.37. The molecule has 4 rings (SSSR count). The predicted molar refractivity (Wildman–Crippen MR) is 98.4 cm³/mol. The van der Waals surface area contributed by atoms with Crippen molar-refractivity contribution in [3.05, 3.63) is 59.2 Å².